The summed E-state index contributed by atoms with van der Waals surface area (Å²) in [6.07, 6.45) is 4.24. The lowest BCUT2D eigenvalue weighted by atomic mass is 9.77. The van der Waals surface area contributed by atoms with Crippen LogP contribution in [0.5, 0.6) is 0 Å². The minimum absolute atomic E-state index is 0.147. The molecule has 0 aromatic heterocycles. The van der Waals surface area contributed by atoms with Crippen LogP contribution in [0, 0.1) is 5.92 Å². The third kappa shape index (κ3) is 7.36. The fourth-order valence-electron chi connectivity index (χ4n) is 4.96. The van der Waals surface area contributed by atoms with E-state index in [1.54, 1.807) is 42.5 Å². The smallest absolute Gasteiger partial charge is 0.303 e. The van der Waals surface area contributed by atoms with E-state index < -0.39 is 5.97 Å². The van der Waals surface area contributed by atoms with Crippen LogP contribution in [0.1, 0.15) is 60.4 Å². The molecule has 2 amide bonds. The van der Waals surface area contributed by atoms with Gasteiger partial charge in [-0.3, -0.25) is 14.4 Å². The minimum atomic E-state index is -0.720. The number of rotatable bonds is 9. The highest BCUT2D eigenvalue weighted by Gasteiger charge is 2.24. The molecule has 3 N–H and O–H groups in total. The first-order valence-corrected chi connectivity index (χ1v) is 13.5. The van der Waals surface area contributed by atoms with Gasteiger partial charge in [0.15, 0.2) is 0 Å². The fourth-order valence-corrected chi connectivity index (χ4v) is 5.58. The molecule has 0 bridgehead atoms. The van der Waals surface area contributed by atoms with Gasteiger partial charge in [-0.05, 0) is 85.0 Å². The Morgan fingerprint density at radius 1 is 0.842 bits per heavy atom. The van der Waals surface area contributed by atoms with Crippen molar-refractivity contribution < 1.29 is 19.5 Å². The number of carbonyl (C=O) groups excluding carboxylic acids is 2. The maximum absolute atomic E-state index is 12.5. The molecule has 0 saturated heterocycles. The van der Waals surface area contributed by atoms with Crippen LogP contribution < -0.4 is 10.6 Å². The van der Waals surface area contributed by atoms with Gasteiger partial charge < -0.3 is 15.7 Å². The van der Waals surface area contributed by atoms with E-state index in [9.17, 15) is 14.4 Å². The van der Waals surface area contributed by atoms with Crippen LogP contribution in [-0.4, -0.2) is 29.4 Å². The van der Waals surface area contributed by atoms with Crippen molar-refractivity contribution in [3.8, 4) is 11.1 Å². The second kappa shape index (κ2) is 12.9. The molecule has 3 aromatic rings. The monoisotopic (exact) mass is 552 g/mol. The summed E-state index contributed by atoms with van der Waals surface area (Å²) < 4.78 is 0. The van der Waals surface area contributed by atoms with Crippen LogP contribution in [0.4, 0.5) is 5.69 Å². The summed E-state index contributed by atoms with van der Waals surface area (Å²) in [5.41, 5.74) is 3.93. The van der Waals surface area contributed by atoms with Crippen molar-refractivity contribution in [2.75, 3.05) is 11.9 Å². The van der Waals surface area contributed by atoms with Crippen LogP contribution in [0.15, 0.2) is 66.7 Å². The predicted molar refractivity (Wildman–Crippen MR) is 151 cm³/mol. The summed E-state index contributed by atoms with van der Waals surface area (Å²) >= 11 is 12.5. The van der Waals surface area contributed by atoms with Crippen molar-refractivity contribution in [3.63, 3.8) is 0 Å². The molecule has 1 fully saturated rings. The zero-order valence-electron chi connectivity index (χ0n) is 20.9. The number of hydrogen-bond acceptors (Lipinski definition) is 3. The molecule has 8 heteroatoms. The molecule has 38 heavy (non-hydrogen) atoms. The average molecular weight is 553 g/mol. The topological polar surface area (TPSA) is 95.5 Å². The SMILES string of the molecule is O=C(O)C[C@H]1CC[C@H](c2ccc(NC(=O)CCNC(=O)c3ccc(-c4c(Cl)cccc4Cl)cc3)cc2)CC1. The summed E-state index contributed by atoms with van der Waals surface area (Å²) in [6, 6.07) is 20.1. The molecule has 0 radical (unpaired) electrons. The number of halogens is 2. The number of amides is 2. The highest BCUT2D eigenvalue weighted by molar-refractivity contribution is 6.39. The van der Waals surface area contributed by atoms with Gasteiger partial charge in [-0.1, -0.05) is 53.5 Å². The van der Waals surface area contributed by atoms with E-state index >= 15 is 0 Å². The first-order valence-electron chi connectivity index (χ1n) is 12.7. The molecule has 0 aliphatic heterocycles. The highest BCUT2D eigenvalue weighted by atomic mass is 35.5. The minimum Gasteiger partial charge on any atom is -0.481 e. The normalized spacial score (nSPS) is 17.0. The van der Waals surface area contributed by atoms with Gasteiger partial charge in [0.05, 0.1) is 0 Å². The standard InChI is InChI=1S/C30H30Cl2N2O4/c31-25-2-1-3-26(32)29(25)22-8-10-23(11-9-22)30(38)33-17-16-27(35)34-24-14-12-21(13-15-24)20-6-4-19(5-7-20)18-28(36)37/h1-3,8-15,19-20H,4-7,16-18H2,(H,33,38)(H,34,35)(H,36,37)/t19-,20-. The van der Waals surface area contributed by atoms with E-state index in [2.05, 4.69) is 10.6 Å². The van der Waals surface area contributed by atoms with Crippen molar-refractivity contribution in [1.29, 1.82) is 0 Å². The molecule has 0 unspecified atom stereocenters. The van der Waals surface area contributed by atoms with Crippen LogP contribution in [0.2, 0.25) is 10.0 Å². The number of carboxylic acids is 1. The highest BCUT2D eigenvalue weighted by Crippen LogP contribution is 2.37. The number of aliphatic carboxylic acids is 1. The molecule has 0 heterocycles. The summed E-state index contributed by atoms with van der Waals surface area (Å²) in [5, 5.41) is 15.7. The Hall–Kier alpha value is -3.35. The Balaban J connectivity index is 1.21. The van der Waals surface area contributed by atoms with Gasteiger partial charge in [0.2, 0.25) is 5.91 Å². The van der Waals surface area contributed by atoms with E-state index in [0.29, 0.717) is 27.2 Å². The number of nitrogens with one attached hydrogen (secondary N) is 2. The maximum atomic E-state index is 12.5. The summed E-state index contributed by atoms with van der Waals surface area (Å²) in [4.78, 5) is 35.8. The van der Waals surface area contributed by atoms with Crippen LogP contribution >= 0.6 is 23.2 Å². The maximum Gasteiger partial charge on any atom is 0.303 e. The Bertz CT molecular complexity index is 1260. The Kier molecular flexibility index (Phi) is 9.43. The van der Waals surface area contributed by atoms with E-state index in [0.717, 1.165) is 36.8 Å². The van der Waals surface area contributed by atoms with Gasteiger partial charge in [0, 0.05) is 46.2 Å². The lowest BCUT2D eigenvalue weighted by Gasteiger charge is -2.28. The zero-order valence-corrected chi connectivity index (χ0v) is 22.4. The molecule has 1 saturated carbocycles. The van der Waals surface area contributed by atoms with Crippen molar-refractivity contribution in [3.05, 3.63) is 87.9 Å². The molecule has 4 rings (SSSR count). The number of benzene rings is 3. The summed E-state index contributed by atoms with van der Waals surface area (Å²) in [5.74, 6) is -0.472. The largest absolute Gasteiger partial charge is 0.481 e. The van der Waals surface area contributed by atoms with Gasteiger partial charge in [-0.2, -0.15) is 0 Å². The molecule has 0 atom stereocenters. The molecule has 198 valence electrons. The number of carbonyl (C=O) groups is 3. The number of hydrogen-bond donors (Lipinski definition) is 3. The van der Waals surface area contributed by atoms with Gasteiger partial charge in [0.1, 0.15) is 0 Å². The fraction of sp³-hybridized carbons (Fsp3) is 0.300. The van der Waals surface area contributed by atoms with Gasteiger partial charge in [0.25, 0.3) is 5.91 Å². The van der Waals surface area contributed by atoms with Crippen LogP contribution in [0.3, 0.4) is 0 Å². The van der Waals surface area contributed by atoms with E-state index in [1.165, 1.54) is 5.56 Å². The molecule has 0 spiro atoms. The van der Waals surface area contributed by atoms with Gasteiger partial charge in [-0.15, -0.1) is 0 Å². The van der Waals surface area contributed by atoms with Crippen LogP contribution in [-0.2, 0) is 9.59 Å². The Morgan fingerprint density at radius 2 is 1.47 bits per heavy atom. The van der Waals surface area contributed by atoms with E-state index in [-0.39, 0.29) is 37.1 Å². The molecule has 6 nitrogen and oxygen atoms in total. The summed E-state index contributed by atoms with van der Waals surface area (Å²) in [7, 11) is 0. The third-order valence-electron chi connectivity index (χ3n) is 7.01. The average Bonchev–Trinajstić information content (AvgIpc) is 2.89. The molecule has 1 aliphatic rings. The van der Waals surface area contributed by atoms with E-state index in [1.807, 2.05) is 24.3 Å². The second-order valence-corrected chi connectivity index (χ2v) is 10.5. The van der Waals surface area contributed by atoms with Gasteiger partial charge >= 0.3 is 5.97 Å². The first-order chi connectivity index (χ1) is 18.3. The van der Waals surface area contributed by atoms with Crippen molar-refractivity contribution in [2.24, 2.45) is 5.92 Å². The lowest BCUT2D eigenvalue weighted by Crippen LogP contribution is -2.27. The van der Waals surface area contributed by atoms with E-state index in [4.69, 9.17) is 28.3 Å². The predicted octanol–water partition coefficient (Wildman–Crippen LogP) is 7.17. The van der Waals surface area contributed by atoms with Crippen molar-refractivity contribution >= 4 is 46.7 Å². The van der Waals surface area contributed by atoms with Crippen molar-refractivity contribution in [2.45, 2.75) is 44.4 Å². The molecular formula is C30H30Cl2N2O4. The first kappa shape index (κ1) is 27.7. The molecule has 1 aliphatic carbocycles. The van der Waals surface area contributed by atoms with Crippen molar-refractivity contribution in [1.82, 2.24) is 5.32 Å². The number of anilines is 1. The second-order valence-electron chi connectivity index (χ2n) is 9.67. The Labute approximate surface area is 232 Å². The zero-order chi connectivity index (χ0) is 27.1. The summed E-state index contributed by atoms with van der Waals surface area (Å²) in [6.45, 7) is 0.209. The van der Waals surface area contributed by atoms with Crippen LogP contribution in [0.25, 0.3) is 11.1 Å². The Morgan fingerprint density at radius 3 is 2.08 bits per heavy atom. The quantitative estimate of drug-likeness (QED) is 0.262. The molecule has 3 aromatic carbocycles. The molecular weight excluding hydrogens is 523 g/mol. The van der Waals surface area contributed by atoms with Gasteiger partial charge in [-0.25, -0.2) is 0 Å². The third-order valence-corrected chi connectivity index (χ3v) is 7.64. The number of carboxylic acid groups (broad SMARTS) is 1. The lowest BCUT2D eigenvalue weighted by molar-refractivity contribution is -0.138.